The van der Waals surface area contributed by atoms with Crippen LogP contribution in [-0.2, 0) is 11.3 Å². The van der Waals surface area contributed by atoms with E-state index >= 15 is 0 Å². The van der Waals surface area contributed by atoms with Crippen molar-refractivity contribution in [3.8, 4) is 0 Å². The molecular formula is C16H24N2O4. The number of carboxylic acid groups (broad SMARTS) is 1. The third-order valence-corrected chi connectivity index (χ3v) is 3.96. The van der Waals surface area contributed by atoms with Crippen LogP contribution >= 0.6 is 0 Å². The van der Waals surface area contributed by atoms with E-state index in [1.807, 2.05) is 18.2 Å². The number of methoxy groups -OCH3 is 1. The van der Waals surface area contributed by atoms with Gasteiger partial charge in [0.1, 0.15) is 0 Å². The van der Waals surface area contributed by atoms with Gasteiger partial charge < -0.3 is 19.8 Å². The highest BCUT2D eigenvalue weighted by Gasteiger charge is 2.31. The summed E-state index contributed by atoms with van der Waals surface area (Å²) in [6.07, 6.45) is -1.17. The fourth-order valence-electron chi connectivity index (χ4n) is 2.93. The Labute approximate surface area is 130 Å². The predicted octanol–water partition coefficient (Wildman–Crippen LogP) is 1.25. The van der Waals surface area contributed by atoms with Crippen LogP contribution in [0.5, 0.6) is 0 Å². The summed E-state index contributed by atoms with van der Waals surface area (Å²) in [7, 11) is 1.53. The first-order valence-corrected chi connectivity index (χ1v) is 7.53. The Kier molecular flexibility index (Phi) is 6.18. The van der Waals surface area contributed by atoms with Gasteiger partial charge in [0, 0.05) is 33.3 Å². The van der Waals surface area contributed by atoms with Gasteiger partial charge >= 0.3 is 6.09 Å². The molecule has 1 fully saturated rings. The number of ether oxygens (including phenoxy) is 1. The number of piperazine rings is 1. The maximum absolute atomic E-state index is 11.4. The van der Waals surface area contributed by atoms with E-state index in [4.69, 9.17) is 4.74 Å². The van der Waals surface area contributed by atoms with E-state index in [0.717, 1.165) is 6.54 Å². The van der Waals surface area contributed by atoms with Gasteiger partial charge in [0.25, 0.3) is 0 Å². The van der Waals surface area contributed by atoms with E-state index in [2.05, 4.69) is 17.0 Å². The van der Waals surface area contributed by atoms with Crippen molar-refractivity contribution in [3.63, 3.8) is 0 Å². The normalized spacial score (nSPS) is 20.8. The van der Waals surface area contributed by atoms with Crippen molar-refractivity contribution in [3.05, 3.63) is 35.9 Å². The number of hydrogen-bond acceptors (Lipinski definition) is 4. The highest BCUT2D eigenvalue weighted by molar-refractivity contribution is 5.65. The van der Waals surface area contributed by atoms with E-state index < -0.39 is 12.2 Å². The minimum absolute atomic E-state index is 0.208. The first-order chi connectivity index (χ1) is 10.6. The quantitative estimate of drug-likeness (QED) is 0.827. The SMILES string of the molecule is COCC(O)CC1CN(Cc2ccccc2)CCN1C(=O)O. The molecule has 2 rings (SSSR count). The van der Waals surface area contributed by atoms with Crippen molar-refractivity contribution in [1.29, 1.82) is 0 Å². The number of carbonyl (C=O) groups is 1. The van der Waals surface area contributed by atoms with Crippen molar-refractivity contribution >= 4 is 6.09 Å². The molecule has 0 bridgehead atoms. The minimum atomic E-state index is -0.922. The minimum Gasteiger partial charge on any atom is -0.465 e. The zero-order valence-electron chi connectivity index (χ0n) is 12.9. The summed E-state index contributed by atoms with van der Waals surface area (Å²) in [6, 6.07) is 9.91. The van der Waals surface area contributed by atoms with Crippen LogP contribution < -0.4 is 0 Å². The summed E-state index contributed by atoms with van der Waals surface area (Å²) in [5, 5.41) is 19.2. The number of amides is 1. The lowest BCUT2D eigenvalue weighted by Gasteiger charge is -2.40. The van der Waals surface area contributed by atoms with Crippen LogP contribution in [0.25, 0.3) is 0 Å². The van der Waals surface area contributed by atoms with Crippen LogP contribution in [0, 0.1) is 0 Å². The van der Waals surface area contributed by atoms with Gasteiger partial charge in [-0.2, -0.15) is 0 Å². The van der Waals surface area contributed by atoms with Crippen LogP contribution in [0.1, 0.15) is 12.0 Å². The van der Waals surface area contributed by atoms with Crippen LogP contribution in [0.3, 0.4) is 0 Å². The van der Waals surface area contributed by atoms with Crippen LogP contribution in [0.2, 0.25) is 0 Å². The first kappa shape index (κ1) is 16.7. The highest BCUT2D eigenvalue weighted by Crippen LogP contribution is 2.17. The summed E-state index contributed by atoms with van der Waals surface area (Å²) in [4.78, 5) is 15.0. The first-order valence-electron chi connectivity index (χ1n) is 7.53. The number of hydrogen-bond donors (Lipinski definition) is 2. The number of benzene rings is 1. The van der Waals surface area contributed by atoms with E-state index in [1.54, 1.807) is 0 Å². The predicted molar refractivity (Wildman–Crippen MR) is 82.7 cm³/mol. The second-order valence-corrected chi connectivity index (χ2v) is 5.70. The molecule has 6 nitrogen and oxygen atoms in total. The number of nitrogens with zero attached hydrogens (tertiary/aromatic N) is 2. The molecule has 1 aliphatic rings. The van der Waals surface area contributed by atoms with Crippen LogP contribution in [0.15, 0.2) is 30.3 Å². The highest BCUT2D eigenvalue weighted by atomic mass is 16.5. The smallest absolute Gasteiger partial charge is 0.407 e. The molecular weight excluding hydrogens is 284 g/mol. The Balaban J connectivity index is 1.97. The molecule has 0 radical (unpaired) electrons. The lowest BCUT2D eigenvalue weighted by atomic mass is 10.0. The second-order valence-electron chi connectivity index (χ2n) is 5.70. The zero-order valence-corrected chi connectivity index (χ0v) is 12.9. The van der Waals surface area contributed by atoms with Gasteiger partial charge in [-0.1, -0.05) is 30.3 Å². The standard InChI is InChI=1S/C16H24N2O4/c1-22-12-15(19)9-14-11-17(7-8-18(14)16(20)21)10-13-5-3-2-4-6-13/h2-6,14-15,19H,7-12H2,1H3,(H,20,21). The van der Waals surface area contributed by atoms with Crippen molar-refractivity contribution in [1.82, 2.24) is 9.80 Å². The largest absolute Gasteiger partial charge is 0.465 e. The average molecular weight is 308 g/mol. The zero-order chi connectivity index (χ0) is 15.9. The lowest BCUT2D eigenvalue weighted by molar-refractivity contribution is 0.0116. The Morgan fingerprint density at radius 3 is 2.73 bits per heavy atom. The molecule has 1 aliphatic heterocycles. The van der Waals surface area contributed by atoms with E-state index in [1.165, 1.54) is 17.6 Å². The molecule has 1 heterocycles. The molecule has 0 spiro atoms. The molecule has 1 aromatic rings. The van der Waals surface area contributed by atoms with Crippen LogP contribution in [0.4, 0.5) is 4.79 Å². The van der Waals surface area contributed by atoms with Gasteiger partial charge in [-0.05, 0) is 12.0 Å². The molecule has 6 heteroatoms. The fourth-order valence-corrected chi connectivity index (χ4v) is 2.93. The van der Waals surface area contributed by atoms with Crippen molar-refractivity contribution in [2.45, 2.75) is 25.1 Å². The number of aliphatic hydroxyl groups is 1. The number of aliphatic hydroxyl groups excluding tert-OH is 1. The van der Waals surface area contributed by atoms with Gasteiger partial charge in [-0.15, -0.1) is 0 Å². The summed E-state index contributed by atoms with van der Waals surface area (Å²) < 4.78 is 4.93. The molecule has 1 amide bonds. The van der Waals surface area contributed by atoms with Crippen molar-refractivity contribution < 1.29 is 19.7 Å². The third kappa shape index (κ3) is 4.69. The second kappa shape index (κ2) is 8.12. The molecule has 2 atom stereocenters. The van der Waals surface area contributed by atoms with Crippen LogP contribution in [-0.4, -0.2) is 71.6 Å². The molecule has 2 N–H and O–H groups in total. The van der Waals surface area contributed by atoms with E-state index in [-0.39, 0.29) is 12.6 Å². The average Bonchev–Trinajstić information content (AvgIpc) is 2.48. The molecule has 22 heavy (non-hydrogen) atoms. The van der Waals surface area contributed by atoms with Gasteiger partial charge in [0.05, 0.1) is 18.8 Å². The molecule has 122 valence electrons. The van der Waals surface area contributed by atoms with Gasteiger partial charge in [0.2, 0.25) is 0 Å². The van der Waals surface area contributed by atoms with Crippen molar-refractivity contribution in [2.24, 2.45) is 0 Å². The molecule has 0 aromatic heterocycles. The number of rotatable bonds is 6. The Hall–Kier alpha value is -1.63. The van der Waals surface area contributed by atoms with Gasteiger partial charge in [0.15, 0.2) is 0 Å². The summed E-state index contributed by atoms with van der Waals surface area (Å²) in [5.41, 5.74) is 1.21. The molecule has 1 saturated heterocycles. The Morgan fingerprint density at radius 1 is 1.36 bits per heavy atom. The maximum atomic E-state index is 11.4. The molecule has 0 saturated carbocycles. The molecule has 1 aromatic carbocycles. The molecule has 2 unspecified atom stereocenters. The summed E-state index contributed by atoms with van der Waals surface area (Å²) >= 11 is 0. The fraction of sp³-hybridized carbons (Fsp3) is 0.562. The van der Waals surface area contributed by atoms with Crippen molar-refractivity contribution in [2.75, 3.05) is 33.4 Å². The maximum Gasteiger partial charge on any atom is 0.407 e. The third-order valence-electron chi connectivity index (χ3n) is 3.96. The summed E-state index contributed by atoms with van der Waals surface area (Å²) in [6.45, 7) is 2.82. The monoisotopic (exact) mass is 308 g/mol. The lowest BCUT2D eigenvalue weighted by Crippen LogP contribution is -2.55. The van der Waals surface area contributed by atoms with Gasteiger partial charge in [-0.25, -0.2) is 4.79 Å². The molecule has 0 aliphatic carbocycles. The summed E-state index contributed by atoms with van der Waals surface area (Å²) in [5.74, 6) is 0. The Bertz CT molecular complexity index is 468. The Morgan fingerprint density at radius 2 is 2.09 bits per heavy atom. The topological polar surface area (TPSA) is 73.2 Å². The van der Waals surface area contributed by atoms with E-state index in [9.17, 15) is 15.0 Å². The van der Waals surface area contributed by atoms with E-state index in [0.29, 0.717) is 26.1 Å². The van der Waals surface area contributed by atoms with Gasteiger partial charge in [-0.3, -0.25) is 4.90 Å².